The van der Waals surface area contributed by atoms with E-state index in [-0.39, 0.29) is 12.5 Å². The van der Waals surface area contributed by atoms with Crippen LogP contribution in [0.25, 0.3) is 0 Å². The number of carboxylic acid groups (broad SMARTS) is 1. The Bertz CT molecular complexity index is 424. The quantitative estimate of drug-likeness (QED) is 0.790. The molecule has 1 rings (SSSR count). The molecule has 0 amide bonds. The number of carbonyl (C=O) groups is 1. The maximum atomic E-state index is 10.4. The zero-order valence-corrected chi connectivity index (χ0v) is 9.81. The first-order chi connectivity index (χ1) is 8.13. The molecule has 0 radical (unpaired) electrons. The van der Waals surface area contributed by atoms with Crippen molar-refractivity contribution < 1.29 is 9.90 Å². The third-order valence-electron chi connectivity index (χ3n) is 2.48. The van der Waals surface area contributed by atoms with Gasteiger partial charge < -0.3 is 10.4 Å². The summed E-state index contributed by atoms with van der Waals surface area (Å²) in [4.78, 5) is 10.4. The minimum atomic E-state index is -0.769. The van der Waals surface area contributed by atoms with Gasteiger partial charge >= 0.3 is 5.97 Å². The lowest BCUT2D eigenvalue weighted by Gasteiger charge is -2.15. The van der Waals surface area contributed by atoms with E-state index in [0.717, 1.165) is 12.1 Å². The van der Waals surface area contributed by atoms with Crippen molar-refractivity contribution in [2.75, 3.05) is 5.32 Å². The number of para-hydroxylation sites is 1. The molecule has 0 aliphatic heterocycles. The second-order valence-corrected chi connectivity index (χ2v) is 3.99. The molecule has 1 unspecified atom stereocenters. The van der Waals surface area contributed by atoms with Gasteiger partial charge in [-0.1, -0.05) is 12.1 Å². The lowest BCUT2D eigenvalue weighted by Crippen LogP contribution is -2.16. The molecule has 0 aliphatic carbocycles. The van der Waals surface area contributed by atoms with E-state index >= 15 is 0 Å². The van der Waals surface area contributed by atoms with Crippen LogP contribution >= 0.6 is 0 Å². The van der Waals surface area contributed by atoms with Gasteiger partial charge in [0.2, 0.25) is 0 Å². The monoisotopic (exact) mass is 232 g/mol. The Labute approximate surface area is 101 Å². The van der Waals surface area contributed by atoms with Crippen molar-refractivity contribution in [1.82, 2.24) is 0 Å². The fraction of sp³-hybridized carbons (Fsp3) is 0.385. The Hall–Kier alpha value is -2.02. The topological polar surface area (TPSA) is 73.1 Å². The maximum Gasteiger partial charge on any atom is 0.303 e. The van der Waals surface area contributed by atoms with E-state index < -0.39 is 5.97 Å². The van der Waals surface area contributed by atoms with E-state index in [9.17, 15) is 4.79 Å². The number of aliphatic carboxylic acids is 1. The summed E-state index contributed by atoms with van der Waals surface area (Å²) in [5.74, 6) is -0.769. The predicted molar refractivity (Wildman–Crippen MR) is 65.7 cm³/mol. The van der Waals surface area contributed by atoms with Crippen molar-refractivity contribution >= 4 is 11.7 Å². The van der Waals surface area contributed by atoms with Gasteiger partial charge in [-0.25, -0.2) is 0 Å². The average molecular weight is 232 g/mol. The number of anilines is 1. The molecule has 0 aromatic heterocycles. The zero-order valence-electron chi connectivity index (χ0n) is 9.81. The second-order valence-electron chi connectivity index (χ2n) is 3.99. The molecule has 1 atom stereocenters. The number of hydrogen-bond donors (Lipinski definition) is 2. The largest absolute Gasteiger partial charge is 0.481 e. The maximum absolute atomic E-state index is 10.4. The standard InChI is InChI=1S/C13H16N2O2/c1-10(5-4-8-13(16)17)15-12-7-3-2-6-11(12)9-14/h2-3,6-7,10,15H,4-5,8H2,1H3,(H,16,17). The molecule has 2 N–H and O–H groups in total. The number of hydrogen-bond acceptors (Lipinski definition) is 3. The molecule has 1 aromatic rings. The molecular formula is C13H16N2O2. The van der Waals surface area contributed by atoms with E-state index in [0.29, 0.717) is 12.0 Å². The molecule has 0 heterocycles. The molecule has 0 spiro atoms. The van der Waals surface area contributed by atoms with Gasteiger partial charge in [0.25, 0.3) is 0 Å². The van der Waals surface area contributed by atoms with Gasteiger partial charge in [0, 0.05) is 12.5 Å². The smallest absolute Gasteiger partial charge is 0.303 e. The fourth-order valence-electron chi connectivity index (χ4n) is 1.60. The van der Waals surface area contributed by atoms with Crippen LogP contribution in [0.1, 0.15) is 31.7 Å². The summed E-state index contributed by atoms with van der Waals surface area (Å²) in [6, 6.07) is 9.57. The van der Waals surface area contributed by atoms with E-state index in [4.69, 9.17) is 10.4 Å². The van der Waals surface area contributed by atoms with Crippen LogP contribution in [-0.2, 0) is 4.79 Å². The van der Waals surface area contributed by atoms with Crippen LogP contribution in [0.15, 0.2) is 24.3 Å². The molecule has 0 fully saturated rings. The lowest BCUT2D eigenvalue weighted by atomic mass is 10.1. The molecule has 4 heteroatoms. The van der Waals surface area contributed by atoms with Gasteiger partial charge in [-0.3, -0.25) is 4.79 Å². The highest BCUT2D eigenvalue weighted by Gasteiger charge is 2.06. The SMILES string of the molecule is CC(CCCC(=O)O)Nc1ccccc1C#N. The van der Waals surface area contributed by atoms with Gasteiger partial charge in [0.1, 0.15) is 6.07 Å². The highest BCUT2D eigenvalue weighted by atomic mass is 16.4. The number of nitrogens with zero attached hydrogens (tertiary/aromatic N) is 1. The van der Waals surface area contributed by atoms with Crippen molar-refractivity contribution in [3.63, 3.8) is 0 Å². The molecule has 17 heavy (non-hydrogen) atoms. The number of rotatable bonds is 6. The Morgan fingerprint density at radius 2 is 2.24 bits per heavy atom. The summed E-state index contributed by atoms with van der Waals surface area (Å²) in [5.41, 5.74) is 1.41. The zero-order chi connectivity index (χ0) is 12.7. The van der Waals surface area contributed by atoms with Crippen molar-refractivity contribution in [1.29, 1.82) is 5.26 Å². The highest BCUT2D eigenvalue weighted by molar-refractivity contribution is 5.66. The van der Waals surface area contributed by atoms with Crippen molar-refractivity contribution in [2.24, 2.45) is 0 Å². The van der Waals surface area contributed by atoms with Gasteiger partial charge in [-0.15, -0.1) is 0 Å². The molecule has 0 bridgehead atoms. The summed E-state index contributed by atoms with van der Waals surface area (Å²) in [6.45, 7) is 1.98. The van der Waals surface area contributed by atoms with Gasteiger partial charge in [0.05, 0.1) is 11.3 Å². The number of nitrogens with one attached hydrogen (secondary N) is 1. The summed E-state index contributed by atoms with van der Waals surface area (Å²) in [7, 11) is 0. The van der Waals surface area contributed by atoms with Crippen LogP contribution in [0, 0.1) is 11.3 Å². The first-order valence-electron chi connectivity index (χ1n) is 5.61. The van der Waals surface area contributed by atoms with Crippen LogP contribution in [0.4, 0.5) is 5.69 Å². The minimum Gasteiger partial charge on any atom is -0.481 e. The minimum absolute atomic E-state index is 0.156. The first-order valence-corrected chi connectivity index (χ1v) is 5.61. The van der Waals surface area contributed by atoms with Gasteiger partial charge in [0.15, 0.2) is 0 Å². The normalized spacial score (nSPS) is 11.5. The summed E-state index contributed by atoms with van der Waals surface area (Å²) < 4.78 is 0. The van der Waals surface area contributed by atoms with Crippen LogP contribution in [0.5, 0.6) is 0 Å². The van der Waals surface area contributed by atoms with Crippen molar-refractivity contribution in [3.8, 4) is 6.07 Å². The molecule has 1 aromatic carbocycles. The van der Waals surface area contributed by atoms with Crippen LogP contribution in [0.3, 0.4) is 0 Å². The molecule has 0 aliphatic rings. The van der Waals surface area contributed by atoms with Crippen LogP contribution in [-0.4, -0.2) is 17.1 Å². The molecule has 0 saturated carbocycles. The Kier molecular flexibility index (Phi) is 5.02. The Balaban J connectivity index is 2.48. The van der Waals surface area contributed by atoms with Gasteiger partial charge in [-0.05, 0) is 31.9 Å². The first kappa shape index (κ1) is 13.0. The third-order valence-corrected chi connectivity index (χ3v) is 2.48. The molecule has 4 nitrogen and oxygen atoms in total. The fourth-order valence-corrected chi connectivity index (χ4v) is 1.60. The van der Waals surface area contributed by atoms with Crippen molar-refractivity contribution in [2.45, 2.75) is 32.2 Å². The lowest BCUT2D eigenvalue weighted by molar-refractivity contribution is -0.137. The average Bonchev–Trinajstić information content (AvgIpc) is 2.29. The van der Waals surface area contributed by atoms with E-state index in [1.807, 2.05) is 25.1 Å². The highest BCUT2D eigenvalue weighted by Crippen LogP contribution is 2.16. The van der Waals surface area contributed by atoms with Crippen LogP contribution < -0.4 is 5.32 Å². The molecule has 90 valence electrons. The summed E-state index contributed by atoms with van der Waals surface area (Å²) in [5, 5.41) is 20.7. The second kappa shape index (κ2) is 6.54. The molecular weight excluding hydrogens is 216 g/mol. The number of carboxylic acids is 1. The summed E-state index contributed by atoms with van der Waals surface area (Å²) in [6.07, 6.45) is 1.59. The van der Waals surface area contributed by atoms with Crippen LogP contribution in [0.2, 0.25) is 0 Å². The Morgan fingerprint density at radius 1 is 1.53 bits per heavy atom. The van der Waals surface area contributed by atoms with E-state index in [1.54, 1.807) is 6.07 Å². The van der Waals surface area contributed by atoms with Gasteiger partial charge in [-0.2, -0.15) is 5.26 Å². The predicted octanol–water partition coefficient (Wildman–Crippen LogP) is 2.61. The number of nitriles is 1. The van der Waals surface area contributed by atoms with E-state index in [1.165, 1.54) is 0 Å². The number of benzene rings is 1. The van der Waals surface area contributed by atoms with Crippen molar-refractivity contribution in [3.05, 3.63) is 29.8 Å². The van der Waals surface area contributed by atoms with E-state index in [2.05, 4.69) is 11.4 Å². The summed E-state index contributed by atoms with van der Waals surface area (Å²) >= 11 is 0. The molecule has 0 saturated heterocycles. The Morgan fingerprint density at radius 3 is 2.88 bits per heavy atom. The third kappa shape index (κ3) is 4.56.